The third kappa shape index (κ3) is 17.1. The second kappa shape index (κ2) is 29.7. The molecule has 0 spiro atoms. The maximum atomic E-state index is 13.6. The van der Waals surface area contributed by atoms with Crippen LogP contribution in [0.25, 0.3) is 0 Å². The minimum atomic E-state index is -1.10. The number of amides is 5. The van der Waals surface area contributed by atoms with Crippen LogP contribution in [0.2, 0.25) is 0 Å². The average molecular weight is 622 g/mol. The molecule has 1 saturated heterocycles. The van der Waals surface area contributed by atoms with Crippen molar-refractivity contribution in [2.24, 2.45) is 5.92 Å². The van der Waals surface area contributed by atoms with Gasteiger partial charge in [0.2, 0.25) is 17.6 Å². The zero-order valence-electron chi connectivity index (χ0n) is 29.1. The Morgan fingerprint density at radius 3 is 2.00 bits per heavy atom. The van der Waals surface area contributed by atoms with Crippen LogP contribution in [0.15, 0.2) is 12.7 Å². The van der Waals surface area contributed by atoms with Crippen molar-refractivity contribution < 1.29 is 24.0 Å². The molecule has 0 bridgehead atoms. The summed E-state index contributed by atoms with van der Waals surface area (Å²) < 4.78 is 0. The standard InChI is InChI=1S/C25H37N5O5.C3H8.3C2H6/c1-4-6-13-18(21(31)23(33)27-15-5-2)28-22(32)19-14-10-16-30(19)24(34)20(29-25(35)26-3)17-11-8-7-9-12-17;1-3-2;3*1-2/h1,5,17-20H,2,6-16H2,3H3,(H,27,33)(H,28,32)(H2,26,29,35);3H2,1-2H3;3*1-2H3. The van der Waals surface area contributed by atoms with E-state index in [1.807, 2.05) is 41.5 Å². The third-order valence-corrected chi connectivity index (χ3v) is 6.58. The summed E-state index contributed by atoms with van der Waals surface area (Å²) in [6.07, 6.45) is 14.1. The molecule has 4 N–H and O–H groups in total. The minimum Gasteiger partial charge on any atom is -0.346 e. The summed E-state index contributed by atoms with van der Waals surface area (Å²) in [6.45, 7) is 20.2. The van der Waals surface area contributed by atoms with Crippen LogP contribution in [-0.2, 0) is 19.2 Å². The molecule has 0 radical (unpaired) electrons. The highest BCUT2D eigenvalue weighted by molar-refractivity contribution is 6.38. The highest BCUT2D eigenvalue weighted by atomic mass is 16.2. The molecule has 2 aliphatic rings. The Hall–Kier alpha value is -3.35. The van der Waals surface area contributed by atoms with Crippen molar-refractivity contribution in [2.75, 3.05) is 20.1 Å². The molecular weight excluding hydrogens is 558 g/mol. The predicted molar refractivity (Wildman–Crippen MR) is 181 cm³/mol. The quantitative estimate of drug-likeness (QED) is 0.144. The van der Waals surface area contributed by atoms with Crippen LogP contribution in [0.5, 0.6) is 0 Å². The van der Waals surface area contributed by atoms with Crippen molar-refractivity contribution in [2.45, 2.75) is 138 Å². The molecule has 2 fully saturated rings. The largest absolute Gasteiger partial charge is 0.346 e. The van der Waals surface area contributed by atoms with E-state index in [0.29, 0.717) is 19.4 Å². The number of ketones is 1. The molecule has 1 aliphatic heterocycles. The number of carbonyl (C=O) groups excluding carboxylic acids is 5. The molecule has 1 saturated carbocycles. The predicted octanol–water partition coefficient (Wildman–Crippen LogP) is 5.12. The molecule has 3 atom stereocenters. The van der Waals surface area contributed by atoms with Gasteiger partial charge >= 0.3 is 6.03 Å². The summed E-state index contributed by atoms with van der Waals surface area (Å²) in [4.78, 5) is 65.1. The maximum absolute atomic E-state index is 13.6. The van der Waals surface area contributed by atoms with E-state index in [9.17, 15) is 24.0 Å². The number of nitrogens with zero attached hydrogens (tertiary/aromatic N) is 1. The minimum absolute atomic E-state index is 0.00336. The Morgan fingerprint density at radius 1 is 0.932 bits per heavy atom. The smallest absolute Gasteiger partial charge is 0.315 e. The van der Waals surface area contributed by atoms with Gasteiger partial charge < -0.3 is 26.2 Å². The molecule has 5 amide bonds. The summed E-state index contributed by atoms with van der Waals surface area (Å²) in [6, 6.07) is -3.07. The van der Waals surface area contributed by atoms with Crippen LogP contribution in [0.3, 0.4) is 0 Å². The summed E-state index contributed by atoms with van der Waals surface area (Å²) in [5, 5.41) is 10.3. The lowest BCUT2D eigenvalue weighted by Crippen LogP contribution is -2.58. The summed E-state index contributed by atoms with van der Waals surface area (Å²) >= 11 is 0. The number of urea groups is 1. The second-order valence-electron chi connectivity index (χ2n) is 9.66. The lowest BCUT2D eigenvalue weighted by atomic mass is 9.83. The summed E-state index contributed by atoms with van der Waals surface area (Å²) in [7, 11) is 1.49. The zero-order valence-corrected chi connectivity index (χ0v) is 29.1. The number of hydrogen-bond donors (Lipinski definition) is 4. The van der Waals surface area contributed by atoms with Gasteiger partial charge in [-0.15, -0.1) is 18.9 Å². The highest BCUT2D eigenvalue weighted by Crippen LogP contribution is 2.29. The SMILES string of the molecule is C#CCCC(NC(=O)C1CCCN1C(=O)C(NC(=O)NC)C1CCCCC1)C(=O)C(=O)NCC=C.CC.CC.CC.CCC. The lowest BCUT2D eigenvalue weighted by Gasteiger charge is -2.34. The number of nitrogens with one attached hydrogen (secondary N) is 4. The highest BCUT2D eigenvalue weighted by Gasteiger charge is 2.41. The molecule has 10 heteroatoms. The third-order valence-electron chi connectivity index (χ3n) is 6.58. The van der Waals surface area contributed by atoms with Gasteiger partial charge in [0.1, 0.15) is 12.1 Å². The van der Waals surface area contributed by atoms with Crippen molar-refractivity contribution in [3.05, 3.63) is 12.7 Å². The molecule has 44 heavy (non-hydrogen) atoms. The first-order chi connectivity index (χ1) is 21.2. The fraction of sp³-hybridized carbons (Fsp3) is 0.735. The first-order valence-corrected chi connectivity index (χ1v) is 16.7. The van der Waals surface area contributed by atoms with Crippen LogP contribution in [-0.4, -0.2) is 72.7 Å². The number of hydrogen-bond acceptors (Lipinski definition) is 5. The molecule has 10 nitrogen and oxygen atoms in total. The normalized spacial score (nSPS) is 16.4. The Labute approximate surface area is 268 Å². The Bertz CT molecular complexity index is 865. The van der Waals surface area contributed by atoms with E-state index in [1.54, 1.807) is 0 Å². The van der Waals surface area contributed by atoms with E-state index in [0.717, 1.165) is 32.1 Å². The number of rotatable bonds is 11. The molecule has 2 rings (SSSR count). The molecule has 3 unspecified atom stereocenters. The maximum Gasteiger partial charge on any atom is 0.315 e. The molecule has 1 heterocycles. The summed E-state index contributed by atoms with van der Waals surface area (Å²) in [5.74, 6) is -0.0254. The Kier molecular flexibility index (Phi) is 30.4. The first kappa shape index (κ1) is 45.1. The van der Waals surface area contributed by atoms with Crippen molar-refractivity contribution in [1.29, 1.82) is 0 Å². The summed E-state index contributed by atoms with van der Waals surface area (Å²) in [5.41, 5.74) is 0. The van der Waals surface area contributed by atoms with Gasteiger partial charge in [0.15, 0.2) is 0 Å². The van der Waals surface area contributed by atoms with Crippen molar-refractivity contribution in [3.63, 3.8) is 0 Å². The monoisotopic (exact) mass is 621 g/mol. The fourth-order valence-electron chi connectivity index (χ4n) is 4.72. The Balaban J connectivity index is -0.00000169. The number of carbonyl (C=O) groups is 5. The topological polar surface area (TPSA) is 137 Å². The van der Waals surface area contributed by atoms with Gasteiger partial charge in [-0.3, -0.25) is 19.2 Å². The first-order valence-electron chi connectivity index (χ1n) is 16.7. The van der Waals surface area contributed by atoms with E-state index < -0.39 is 41.8 Å². The average Bonchev–Trinajstić information content (AvgIpc) is 3.57. The van der Waals surface area contributed by atoms with Gasteiger partial charge in [0.05, 0.1) is 6.04 Å². The van der Waals surface area contributed by atoms with Gasteiger partial charge in [-0.1, -0.05) is 87.1 Å². The van der Waals surface area contributed by atoms with Crippen molar-refractivity contribution in [3.8, 4) is 12.3 Å². The van der Waals surface area contributed by atoms with Crippen LogP contribution in [0, 0.1) is 18.3 Å². The van der Waals surface area contributed by atoms with Gasteiger partial charge in [0, 0.05) is 26.6 Å². The van der Waals surface area contributed by atoms with E-state index >= 15 is 0 Å². The molecule has 0 aromatic carbocycles. The number of likely N-dealkylation sites (tertiary alicyclic amines) is 1. The van der Waals surface area contributed by atoms with Crippen molar-refractivity contribution >= 4 is 29.5 Å². The van der Waals surface area contributed by atoms with Crippen LogP contribution in [0.4, 0.5) is 4.79 Å². The van der Waals surface area contributed by atoms with Crippen LogP contribution >= 0.6 is 0 Å². The van der Waals surface area contributed by atoms with E-state index in [1.165, 1.54) is 24.4 Å². The van der Waals surface area contributed by atoms with Gasteiger partial charge in [0.25, 0.3) is 5.91 Å². The van der Waals surface area contributed by atoms with Gasteiger partial charge in [-0.25, -0.2) is 4.79 Å². The van der Waals surface area contributed by atoms with Crippen LogP contribution in [0.1, 0.15) is 120 Å². The van der Waals surface area contributed by atoms with E-state index in [-0.39, 0.29) is 31.2 Å². The molecule has 254 valence electrons. The number of Topliss-reactive ketones (excluding diaryl/α,β-unsaturated/α-hetero) is 1. The molecule has 0 aromatic heterocycles. The van der Waals surface area contributed by atoms with E-state index in [4.69, 9.17) is 6.42 Å². The molecule has 0 aromatic rings. The van der Waals surface area contributed by atoms with Gasteiger partial charge in [-0.05, 0) is 38.0 Å². The second-order valence-corrected chi connectivity index (χ2v) is 9.66. The van der Waals surface area contributed by atoms with Crippen LogP contribution < -0.4 is 21.3 Å². The molecule has 1 aliphatic carbocycles. The fourth-order valence-corrected chi connectivity index (χ4v) is 4.72. The van der Waals surface area contributed by atoms with Crippen molar-refractivity contribution in [1.82, 2.24) is 26.2 Å². The lowest BCUT2D eigenvalue weighted by molar-refractivity contribution is -0.143. The van der Waals surface area contributed by atoms with E-state index in [2.05, 4.69) is 47.6 Å². The van der Waals surface area contributed by atoms with Gasteiger partial charge in [-0.2, -0.15) is 0 Å². The number of terminal acetylenes is 1. The zero-order chi connectivity index (χ0) is 34.5. The Morgan fingerprint density at radius 2 is 1.50 bits per heavy atom. The molecular formula is C34H63N5O5.